The Hall–Kier alpha value is -3.43. The Labute approximate surface area is 169 Å². The largest absolute Gasteiger partial charge is 0.396 e. The highest BCUT2D eigenvalue weighted by molar-refractivity contribution is 6.45. The number of benzene rings is 2. The van der Waals surface area contributed by atoms with Crippen molar-refractivity contribution in [2.45, 2.75) is 12.8 Å². The number of piperidine rings is 1. The summed E-state index contributed by atoms with van der Waals surface area (Å²) in [5.74, 6) is -0.649. The van der Waals surface area contributed by atoms with Crippen molar-refractivity contribution in [3.63, 3.8) is 0 Å². The van der Waals surface area contributed by atoms with Gasteiger partial charge in [-0.15, -0.1) is 0 Å². The first kappa shape index (κ1) is 18.9. The standard InChI is InChI=1S/C23H21N3O3/c24-13-16-8-10-19(11-9-16)26-22(28)20(18-6-2-1-3-7-18)21(23(26)29)25-12-4-5-17(14-25)15-27/h1-3,6-11,17,27H,4-5,12,14-15H2. The van der Waals surface area contributed by atoms with Crippen molar-refractivity contribution in [3.05, 3.63) is 71.4 Å². The number of imide groups is 1. The molecule has 1 N–H and O–H groups in total. The van der Waals surface area contributed by atoms with Gasteiger partial charge in [0, 0.05) is 19.7 Å². The summed E-state index contributed by atoms with van der Waals surface area (Å²) in [4.78, 5) is 29.9. The van der Waals surface area contributed by atoms with Crippen LogP contribution in [-0.2, 0) is 9.59 Å². The van der Waals surface area contributed by atoms with Gasteiger partial charge in [0.25, 0.3) is 11.8 Å². The number of likely N-dealkylation sites (tertiary alicyclic amines) is 1. The normalized spacial score (nSPS) is 19.7. The number of rotatable bonds is 4. The van der Waals surface area contributed by atoms with Crippen LogP contribution in [-0.4, -0.2) is 41.5 Å². The molecule has 2 aromatic rings. The number of carbonyl (C=O) groups excluding carboxylic acids is 2. The fraction of sp³-hybridized carbons (Fsp3) is 0.261. The van der Waals surface area contributed by atoms with E-state index in [-0.39, 0.29) is 24.3 Å². The summed E-state index contributed by atoms with van der Waals surface area (Å²) in [6.07, 6.45) is 1.76. The molecule has 1 saturated heterocycles. The molecule has 1 atom stereocenters. The number of aliphatic hydroxyl groups is 1. The van der Waals surface area contributed by atoms with Gasteiger partial charge < -0.3 is 10.0 Å². The van der Waals surface area contributed by atoms with E-state index in [1.54, 1.807) is 24.3 Å². The molecule has 1 unspecified atom stereocenters. The minimum Gasteiger partial charge on any atom is -0.396 e. The van der Waals surface area contributed by atoms with Gasteiger partial charge in [0.2, 0.25) is 0 Å². The molecular formula is C23H21N3O3. The Morgan fingerprint density at radius 3 is 2.41 bits per heavy atom. The van der Waals surface area contributed by atoms with E-state index in [9.17, 15) is 14.7 Å². The number of aliphatic hydroxyl groups excluding tert-OH is 1. The number of carbonyl (C=O) groups is 2. The number of hydrogen-bond acceptors (Lipinski definition) is 5. The molecule has 2 heterocycles. The average molecular weight is 387 g/mol. The third-order valence-corrected chi connectivity index (χ3v) is 5.47. The van der Waals surface area contributed by atoms with Crippen molar-refractivity contribution >= 4 is 23.1 Å². The minimum absolute atomic E-state index is 0.0614. The quantitative estimate of drug-likeness (QED) is 0.815. The first-order valence-corrected chi connectivity index (χ1v) is 9.68. The molecular weight excluding hydrogens is 366 g/mol. The van der Waals surface area contributed by atoms with Crippen molar-refractivity contribution < 1.29 is 14.7 Å². The molecule has 2 aliphatic heterocycles. The van der Waals surface area contributed by atoms with Crippen LogP contribution in [0.4, 0.5) is 5.69 Å². The molecule has 1 fully saturated rings. The molecule has 2 amide bonds. The van der Waals surface area contributed by atoms with E-state index in [4.69, 9.17) is 5.26 Å². The van der Waals surface area contributed by atoms with Crippen LogP contribution in [0.2, 0.25) is 0 Å². The van der Waals surface area contributed by atoms with Gasteiger partial charge in [-0.25, -0.2) is 4.90 Å². The monoisotopic (exact) mass is 387 g/mol. The molecule has 2 aromatic carbocycles. The molecule has 0 radical (unpaired) electrons. The Morgan fingerprint density at radius 1 is 1.03 bits per heavy atom. The average Bonchev–Trinajstić information content (AvgIpc) is 3.04. The van der Waals surface area contributed by atoms with Crippen molar-refractivity contribution in [2.24, 2.45) is 5.92 Å². The third-order valence-electron chi connectivity index (χ3n) is 5.47. The molecule has 0 spiro atoms. The Balaban J connectivity index is 1.78. The molecule has 146 valence electrons. The fourth-order valence-corrected chi connectivity index (χ4v) is 4.01. The highest BCUT2D eigenvalue weighted by atomic mass is 16.3. The fourth-order valence-electron chi connectivity index (χ4n) is 4.01. The maximum atomic E-state index is 13.4. The Bertz CT molecular complexity index is 1010. The smallest absolute Gasteiger partial charge is 0.282 e. The van der Waals surface area contributed by atoms with Crippen LogP contribution in [0.25, 0.3) is 5.57 Å². The van der Waals surface area contributed by atoms with E-state index in [1.807, 2.05) is 41.3 Å². The molecule has 0 aromatic heterocycles. The lowest BCUT2D eigenvalue weighted by Crippen LogP contribution is -2.40. The second-order valence-electron chi connectivity index (χ2n) is 7.33. The first-order chi connectivity index (χ1) is 14.1. The van der Waals surface area contributed by atoms with Gasteiger partial charge in [0.1, 0.15) is 5.70 Å². The number of nitriles is 1. The van der Waals surface area contributed by atoms with E-state index in [1.165, 1.54) is 4.90 Å². The summed E-state index contributed by atoms with van der Waals surface area (Å²) in [6.45, 7) is 1.27. The summed E-state index contributed by atoms with van der Waals surface area (Å²) in [5, 5.41) is 18.6. The molecule has 0 aliphatic carbocycles. The van der Waals surface area contributed by atoms with Gasteiger partial charge >= 0.3 is 0 Å². The van der Waals surface area contributed by atoms with Crippen molar-refractivity contribution in [2.75, 3.05) is 24.6 Å². The molecule has 6 heteroatoms. The number of amides is 2. The van der Waals surface area contributed by atoms with Crippen molar-refractivity contribution in [1.82, 2.24) is 4.90 Å². The Kier molecular flexibility index (Phi) is 5.15. The van der Waals surface area contributed by atoms with Gasteiger partial charge in [-0.3, -0.25) is 9.59 Å². The lowest BCUT2D eigenvalue weighted by atomic mass is 9.97. The lowest BCUT2D eigenvalue weighted by molar-refractivity contribution is -0.120. The van der Waals surface area contributed by atoms with E-state index in [0.717, 1.165) is 12.8 Å². The van der Waals surface area contributed by atoms with Gasteiger partial charge in [0.15, 0.2) is 0 Å². The van der Waals surface area contributed by atoms with Gasteiger partial charge in [-0.2, -0.15) is 5.26 Å². The maximum Gasteiger partial charge on any atom is 0.282 e. The van der Waals surface area contributed by atoms with Crippen LogP contribution in [0, 0.1) is 17.2 Å². The van der Waals surface area contributed by atoms with E-state index < -0.39 is 0 Å². The van der Waals surface area contributed by atoms with Crippen LogP contribution in [0.1, 0.15) is 24.0 Å². The number of hydrogen-bond donors (Lipinski definition) is 1. The van der Waals surface area contributed by atoms with Crippen LogP contribution >= 0.6 is 0 Å². The lowest BCUT2D eigenvalue weighted by Gasteiger charge is -2.34. The zero-order valence-corrected chi connectivity index (χ0v) is 15.9. The number of anilines is 1. The van der Waals surface area contributed by atoms with E-state index >= 15 is 0 Å². The van der Waals surface area contributed by atoms with Crippen LogP contribution < -0.4 is 4.90 Å². The zero-order valence-electron chi connectivity index (χ0n) is 15.9. The van der Waals surface area contributed by atoms with Crippen molar-refractivity contribution in [1.29, 1.82) is 5.26 Å². The second kappa shape index (κ2) is 7.90. The SMILES string of the molecule is N#Cc1ccc(N2C(=O)C(c3ccccc3)=C(N3CCCC(CO)C3)C2=O)cc1. The summed E-state index contributed by atoms with van der Waals surface area (Å²) < 4.78 is 0. The summed E-state index contributed by atoms with van der Waals surface area (Å²) in [7, 11) is 0. The van der Waals surface area contributed by atoms with Crippen LogP contribution in [0.3, 0.4) is 0 Å². The van der Waals surface area contributed by atoms with Crippen LogP contribution in [0.15, 0.2) is 60.3 Å². The van der Waals surface area contributed by atoms with Gasteiger partial charge in [0.05, 0.1) is 22.9 Å². The minimum atomic E-state index is -0.368. The first-order valence-electron chi connectivity index (χ1n) is 9.68. The maximum absolute atomic E-state index is 13.4. The molecule has 2 aliphatic rings. The predicted molar refractivity (Wildman–Crippen MR) is 108 cm³/mol. The molecule has 0 saturated carbocycles. The third kappa shape index (κ3) is 3.41. The summed E-state index contributed by atoms with van der Waals surface area (Å²) >= 11 is 0. The van der Waals surface area contributed by atoms with Crippen LogP contribution in [0.5, 0.6) is 0 Å². The van der Waals surface area contributed by atoms with E-state index in [2.05, 4.69) is 0 Å². The van der Waals surface area contributed by atoms with E-state index in [0.29, 0.717) is 41.2 Å². The van der Waals surface area contributed by atoms with Crippen molar-refractivity contribution in [3.8, 4) is 6.07 Å². The topological polar surface area (TPSA) is 84.6 Å². The molecule has 6 nitrogen and oxygen atoms in total. The van der Waals surface area contributed by atoms with Gasteiger partial charge in [-0.1, -0.05) is 30.3 Å². The number of nitrogens with zero attached hydrogens (tertiary/aromatic N) is 3. The molecule has 4 rings (SSSR count). The zero-order chi connectivity index (χ0) is 20.4. The summed E-state index contributed by atoms with van der Waals surface area (Å²) in [6, 6.07) is 17.7. The highest BCUT2D eigenvalue weighted by Gasteiger charge is 2.43. The molecule has 0 bridgehead atoms. The molecule has 29 heavy (non-hydrogen) atoms. The summed E-state index contributed by atoms with van der Waals surface area (Å²) in [5.41, 5.74) is 2.38. The Morgan fingerprint density at radius 2 is 1.76 bits per heavy atom. The highest BCUT2D eigenvalue weighted by Crippen LogP contribution is 2.36. The second-order valence-corrected chi connectivity index (χ2v) is 7.33. The van der Waals surface area contributed by atoms with Gasteiger partial charge in [-0.05, 0) is 48.6 Å². The predicted octanol–water partition coefficient (Wildman–Crippen LogP) is 2.55.